The highest BCUT2D eigenvalue weighted by Gasteiger charge is 2.22. The normalized spacial score (nSPS) is 12.0. The van der Waals surface area contributed by atoms with Gasteiger partial charge in [-0.2, -0.15) is 0 Å². The molecule has 25 heavy (non-hydrogen) atoms. The number of anilines is 1. The van der Waals surface area contributed by atoms with Gasteiger partial charge < -0.3 is 4.74 Å². The summed E-state index contributed by atoms with van der Waals surface area (Å²) >= 11 is 0. The van der Waals surface area contributed by atoms with Crippen LogP contribution in [0.15, 0.2) is 46.2 Å². The van der Waals surface area contributed by atoms with Crippen LogP contribution in [-0.2, 0) is 20.0 Å². The van der Waals surface area contributed by atoms with Gasteiger partial charge in [0.15, 0.2) is 0 Å². The monoisotopic (exact) mass is 388 g/mol. The molecule has 0 unspecified atom stereocenters. The van der Waals surface area contributed by atoms with Gasteiger partial charge in [-0.1, -0.05) is 6.07 Å². The van der Waals surface area contributed by atoms with Gasteiger partial charge in [0.2, 0.25) is 10.0 Å². The lowest BCUT2D eigenvalue weighted by molar-refractivity contribution is 0.401. The smallest absolute Gasteiger partial charge is 0.265 e. The van der Waals surface area contributed by atoms with Crippen LogP contribution in [0.25, 0.3) is 0 Å². The Hall–Kier alpha value is -2.17. The third-order valence-electron chi connectivity index (χ3n) is 3.45. The molecule has 0 radical (unpaired) electrons. The average Bonchev–Trinajstić information content (AvgIpc) is 2.56. The minimum Gasteiger partial charge on any atom is -0.495 e. The molecule has 0 aliphatic carbocycles. The first-order valence-corrected chi connectivity index (χ1v) is 9.98. The van der Waals surface area contributed by atoms with Crippen molar-refractivity contribution in [3.05, 3.63) is 47.8 Å². The first-order valence-electron chi connectivity index (χ1n) is 7.01. The molecule has 0 aliphatic rings. The first-order chi connectivity index (χ1) is 11.6. The molecule has 0 aliphatic heterocycles. The molecule has 0 atom stereocenters. The third kappa shape index (κ3) is 4.09. The van der Waals surface area contributed by atoms with Crippen molar-refractivity contribution in [3.8, 4) is 5.75 Å². The van der Waals surface area contributed by atoms with Crippen molar-refractivity contribution >= 4 is 25.7 Å². The van der Waals surface area contributed by atoms with E-state index in [4.69, 9.17) is 4.74 Å². The highest BCUT2D eigenvalue weighted by molar-refractivity contribution is 7.92. The maximum atomic E-state index is 13.5. The molecule has 2 rings (SSSR count). The van der Waals surface area contributed by atoms with Crippen molar-refractivity contribution in [1.82, 2.24) is 4.72 Å². The largest absolute Gasteiger partial charge is 0.495 e. The van der Waals surface area contributed by atoms with Crippen LogP contribution in [-0.4, -0.2) is 31.0 Å². The van der Waals surface area contributed by atoms with Crippen LogP contribution in [0.1, 0.15) is 5.56 Å². The standard InChI is InChI=1S/C15H17FN2O5S2/c1-10-4-6-12(24(19,20)17-2)9-13(10)18-25(21,22)15-8-11(16)5-7-14(15)23-3/h4-9,17-18H,1-3H3. The predicted octanol–water partition coefficient (Wildman–Crippen LogP) is 1.85. The van der Waals surface area contributed by atoms with E-state index in [2.05, 4.69) is 9.44 Å². The van der Waals surface area contributed by atoms with E-state index in [9.17, 15) is 21.2 Å². The number of hydrogen-bond acceptors (Lipinski definition) is 5. The van der Waals surface area contributed by atoms with Crippen LogP contribution in [0.2, 0.25) is 0 Å². The topological polar surface area (TPSA) is 102 Å². The fourth-order valence-corrected chi connectivity index (χ4v) is 4.12. The van der Waals surface area contributed by atoms with E-state index in [-0.39, 0.29) is 16.3 Å². The molecule has 2 aromatic carbocycles. The summed E-state index contributed by atoms with van der Waals surface area (Å²) in [6.07, 6.45) is 0. The van der Waals surface area contributed by atoms with Gasteiger partial charge in [0.05, 0.1) is 17.7 Å². The zero-order chi connectivity index (χ0) is 18.8. The number of aryl methyl sites for hydroxylation is 1. The quantitative estimate of drug-likeness (QED) is 0.786. The zero-order valence-electron chi connectivity index (χ0n) is 13.7. The fourth-order valence-electron chi connectivity index (χ4n) is 2.06. The molecule has 0 aromatic heterocycles. The van der Waals surface area contributed by atoms with Crippen LogP contribution < -0.4 is 14.2 Å². The maximum Gasteiger partial charge on any atom is 0.265 e. The van der Waals surface area contributed by atoms with E-state index in [0.29, 0.717) is 5.56 Å². The fraction of sp³-hybridized carbons (Fsp3) is 0.200. The molecule has 136 valence electrons. The van der Waals surface area contributed by atoms with Crippen molar-refractivity contribution in [2.75, 3.05) is 18.9 Å². The molecule has 10 heteroatoms. The minimum absolute atomic E-state index is 0.0365. The molecule has 7 nitrogen and oxygen atoms in total. The SMILES string of the molecule is CNS(=O)(=O)c1ccc(C)c(NS(=O)(=O)c2cc(F)ccc2OC)c1. The lowest BCUT2D eigenvalue weighted by Crippen LogP contribution is -2.20. The highest BCUT2D eigenvalue weighted by atomic mass is 32.2. The van der Waals surface area contributed by atoms with Gasteiger partial charge in [-0.25, -0.2) is 25.9 Å². The van der Waals surface area contributed by atoms with Crippen LogP contribution in [0, 0.1) is 12.7 Å². The van der Waals surface area contributed by atoms with Gasteiger partial charge in [-0.05, 0) is 49.9 Å². The van der Waals surface area contributed by atoms with Gasteiger partial charge in [0, 0.05) is 0 Å². The second kappa shape index (κ2) is 6.98. The van der Waals surface area contributed by atoms with Crippen molar-refractivity contribution < 1.29 is 26.0 Å². The van der Waals surface area contributed by atoms with Crippen LogP contribution in [0.4, 0.5) is 10.1 Å². The van der Waals surface area contributed by atoms with Crippen LogP contribution in [0.3, 0.4) is 0 Å². The Labute approximate surface area is 145 Å². The Bertz CT molecular complexity index is 1000. The molecule has 0 heterocycles. The lowest BCUT2D eigenvalue weighted by Gasteiger charge is -2.14. The number of sulfonamides is 2. The Kier molecular flexibility index (Phi) is 5.35. The molecule has 0 fully saturated rings. The van der Waals surface area contributed by atoms with Gasteiger partial charge in [0.25, 0.3) is 10.0 Å². The van der Waals surface area contributed by atoms with Crippen molar-refractivity contribution in [2.24, 2.45) is 0 Å². The molecule has 0 amide bonds. The Morgan fingerprint density at radius 3 is 2.28 bits per heavy atom. The summed E-state index contributed by atoms with van der Waals surface area (Å²) < 4.78 is 71.8. The van der Waals surface area contributed by atoms with E-state index in [1.165, 1.54) is 38.4 Å². The molecule has 0 saturated carbocycles. The summed E-state index contributed by atoms with van der Waals surface area (Å²) in [6, 6.07) is 7.09. The number of hydrogen-bond donors (Lipinski definition) is 2. The van der Waals surface area contributed by atoms with Crippen molar-refractivity contribution in [1.29, 1.82) is 0 Å². The van der Waals surface area contributed by atoms with Crippen molar-refractivity contribution in [3.63, 3.8) is 0 Å². The van der Waals surface area contributed by atoms with Gasteiger partial charge in [-0.15, -0.1) is 0 Å². The highest BCUT2D eigenvalue weighted by Crippen LogP contribution is 2.28. The molecule has 0 spiro atoms. The van der Waals surface area contributed by atoms with Gasteiger partial charge in [0.1, 0.15) is 16.5 Å². The number of halogens is 1. The number of ether oxygens (including phenoxy) is 1. The third-order valence-corrected chi connectivity index (χ3v) is 6.25. The van der Waals surface area contributed by atoms with E-state index >= 15 is 0 Å². The Morgan fingerprint density at radius 2 is 1.68 bits per heavy atom. The Morgan fingerprint density at radius 1 is 1.00 bits per heavy atom. The molecule has 2 N–H and O–H groups in total. The van der Waals surface area contributed by atoms with E-state index in [0.717, 1.165) is 12.1 Å². The second-order valence-corrected chi connectivity index (χ2v) is 8.62. The van der Waals surface area contributed by atoms with Crippen LogP contribution >= 0.6 is 0 Å². The summed E-state index contributed by atoms with van der Waals surface area (Å²) in [7, 11) is -5.44. The summed E-state index contributed by atoms with van der Waals surface area (Å²) in [5, 5.41) is 0. The summed E-state index contributed by atoms with van der Waals surface area (Å²) in [6.45, 7) is 1.61. The molecular formula is C15H17FN2O5S2. The zero-order valence-corrected chi connectivity index (χ0v) is 15.3. The van der Waals surface area contributed by atoms with Crippen LogP contribution in [0.5, 0.6) is 5.75 Å². The van der Waals surface area contributed by atoms with Gasteiger partial charge in [-0.3, -0.25) is 4.72 Å². The van der Waals surface area contributed by atoms with E-state index < -0.39 is 30.8 Å². The van der Waals surface area contributed by atoms with E-state index in [1.54, 1.807) is 6.92 Å². The minimum atomic E-state index is -4.20. The first kappa shape index (κ1) is 19.2. The number of rotatable bonds is 6. The average molecular weight is 388 g/mol. The Balaban J connectivity index is 2.52. The number of nitrogens with one attached hydrogen (secondary N) is 2. The second-order valence-electron chi connectivity index (χ2n) is 5.08. The maximum absolute atomic E-state index is 13.5. The number of benzene rings is 2. The summed E-state index contributed by atoms with van der Waals surface area (Å²) in [5.74, 6) is -0.782. The van der Waals surface area contributed by atoms with Crippen molar-refractivity contribution in [2.45, 2.75) is 16.7 Å². The lowest BCUT2D eigenvalue weighted by atomic mass is 10.2. The molecular weight excluding hydrogens is 371 g/mol. The van der Waals surface area contributed by atoms with Gasteiger partial charge >= 0.3 is 0 Å². The number of methoxy groups -OCH3 is 1. The predicted molar refractivity (Wildman–Crippen MR) is 91.2 cm³/mol. The van der Waals surface area contributed by atoms with E-state index in [1.807, 2.05) is 0 Å². The molecule has 0 saturated heterocycles. The molecule has 0 bridgehead atoms. The summed E-state index contributed by atoms with van der Waals surface area (Å²) in [4.78, 5) is -0.499. The summed E-state index contributed by atoms with van der Waals surface area (Å²) in [5.41, 5.74) is 0.552. The molecule has 2 aromatic rings.